The Morgan fingerprint density at radius 2 is 1.56 bits per heavy atom. The highest BCUT2D eigenvalue weighted by Gasteiger charge is 1.96. The first-order chi connectivity index (χ1) is 7.70. The van der Waals surface area contributed by atoms with Crippen molar-refractivity contribution in [3.8, 4) is 0 Å². The van der Waals surface area contributed by atoms with Crippen LogP contribution in [0.2, 0.25) is 0 Å². The normalized spacial score (nSPS) is 9.50. The molecule has 0 aromatic rings. The summed E-state index contributed by atoms with van der Waals surface area (Å²) in [6.45, 7) is 7.50. The Labute approximate surface area is 97.6 Å². The molecular weight excluding hydrogens is 202 g/mol. The lowest BCUT2D eigenvalue weighted by molar-refractivity contribution is -0.116. The van der Waals surface area contributed by atoms with Crippen molar-refractivity contribution >= 4 is 11.7 Å². The minimum absolute atomic E-state index is 0.114. The van der Waals surface area contributed by atoms with Crippen molar-refractivity contribution in [3.05, 3.63) is 25.3 Å². The molecule has 90 valence electrons. The maximum atomic E-state index is 10.9. The monoisotopic (exact) mass is 223 g/mol. The quantitative estimate of drug-likeness (QED) is 0.456. The molecule has 16 heavy (non-hydrogen) atoms. The van der Waals surface area contributed by atoms with Gasteiger partial charge in [-0.2, -0.15) is 0 Å². The molecule has 0 spiro atoms. The van der Waals surface area contributed by atoms with E-state index in [0.717, 1.165) is 32.1 Å². The molecule has 3 nitrogen and oxygen atoms in total. The van der Waals surface area contributed by atoms with Crippen LogP contribution in [-0.2, 0) is 9.59 Å². The molecule has 1 amide bonds. The lowest BCUT2D eigenvalue weighted by Gasteiger charge is -2.02. The van der Waals surface area contributed by atoms with Gasteiger partial charge in [0, 0.05) is 13.0 Å². The van der Waals surface area contributed by atoms with Crippen molar-refractivity contribution in [2.45, 2.75) is 38.5 Å². The largest absolute Gasteiger partial charge is 0.353 e. The summed E-state index contributed by atoms with van der Waals surface area (Å²) < 4.78 is 0. The molecule has 0 saturated carbocycles. The zero-order chi connectivity index (χ0) is 12.2. The van der Waals surface area contributed by atoms with Gasteiger partial charge in [-0.25, -0.2) is 0 Å². The highest BCUT2D eigenvalue weighted by Crippen LogP contribution is 2.05. The van der Waals surface area contributed by atoms with Gasteiger partial charge in [0.1, 0.15) is 0 Å². The van der Waals surface area contributed by atoms with Gasteiger partial charge in [-0.15, -0.1) is 0 Å². The van der Waals surface area contributed by atoms with Crippen LogP contribution in [0, 0.1) is 0 Å². The van der Waals surface area contributed by atoms with E-state index in [0.29, 0.717) is 13.0 Å². The predicted molar refractivity (Wildman–Crippen MR) is 66.1 cm³/mol. The summed E-state index contributed by atoms with van der Waals surface area (Å²) in [4.78, 5) is 21.7. The van der Waals surface area contributed by atoms with Crippen LogP contribution in [0.5, 0.6) is 0 Å². The summed E-state index contributed by atoms with van der Waals surface area (Å²) in [5, 5.41) is 2.73. The number of hydrogen-bond acceptors (Lipinski definition) is 2. The van der Waals surface area contributed by atoms with E-state index in [-0.39, 0.29) is 11.7 Å². The Morgan fingerprint density at radius 1 is 0.938 bits per heavy atom. The molecule has 0 aromatic carbocycles. The standard InChI is InChI=1S/C13H21NO2/c1-3-12(15)10-8-6-5-7-9-11-14-13(16)4-2/h3-4H,1-2,5-11H2,(H,14,16). The molecule has 0 saturated heterocycles. The van der Waals surface area contributed by atoms with Crippen LogP contribution in [0.4, 0.5) is 0 Å². The van der Waals surface area contributed by atoms with E-state index in [4.69, 9.17) is 0 Å². The SMILES string of the molecule is C=CC(=O)CCCCCCCNC(=O)C=C. The van der Waals surface area contributed by atoms with Gasteiger partial charge in [0.25, 0.3) is 0 Å². The number of ketones is 1. The lowest BCUT2D eigenvalue weighted by atomic mass is 10.1. The predicted octanol–water partition coefficient (Wildman–Crippen LogP) is 2.38. The fourth-order valence-electron chi connectivity index (χ4n) is 1.34. The topological polar surface area (TPSA) is 46.2 Å². The number of carbonyl (C=O) groups excluding carboxylic acids is 2. The molecule has 0 radical (unpaired) electrons. The van der Waals surface area contributed by atoms with E-state index in [1.807, 2.05) is 0 Å². The van der Waals surface area contributed by atoms with E-state index in [2.05, 4.69) is 18.5 Å². The van der Waals surface area contributed by atoms with Crippen LogP contribution in [0.3, 0.4) is 0 Å². The second kappa shape index (κ2) is 10.1. The molecule has 0 atom stereocenters. The van der Waals surface area contributed by atoms with Gasteiger partial charge in [-0.3, -0.25) is 9.59 Å². The molecule has 0 bridgehead atoms. The second-order valence-corrected chi connectivity index (χ2v) is 3.68. The van der Waals surface area contributed by atoms with E-state index < -0.39 is 0 Å². The third-order valence-corrected chi connectivity index (χ3v) is 2.31. The number of unbranched alkanes of at least 4 members (excludes halogenated alkanes) is 4. The van der Waals surface area contributed by atoms with Crippen LogP contribution in [-0.4, -0.2) is 18.2 Å². The Kier molecular flexibility index (Phi) is 9.27. The van der Waals surface area contributed by atoms with Crippen molar-refractivity contribution in [2.75, 3.05) is 6.54 Å². The van der Waals surface area contributed by atoms with Crippen LogP contribution in [0.25, 0.3) is 0 Å². The minimum atomic E-state index is -0.114. The van der Waals surface area contributed by atoms with E-state index >= 15 is 0 Å². The molecule has 0 fully saturated rings. The van der Waals surface area contributed by atoms with E-state index in [9.17, 15) is 9.59 Å². The average Bonchev–Trinajstić information content (AvgIpc) is 2.31. The zero-order valence-electron chi connectivity index (χ0n) is 9.84. The average molecular weight is 223 g/mol. The molecule has 0 aliphatic heterocycles. The fraction of sp³-hybridized carbons (Fsp3) is 0.538. The molecule has 0 rings (SSSR count). The maximum Gasteiger partial charge on any atom is 0.243 e. The molecule has 3 heteroatoms. The Morgan fingerprint density at radius 3 is 2.19 bits per heavy atom. The number of amides is 1. The van der Waals surface area contributed by atoms with Gasteiger partial charge in [0.2, 0.25) is 5.91 Å². The summed E-state index contributed by atoms with van der Waals surface area (Å²) >= 11 is 0. The highest BCUT2D eigenvalue weighted by molar-refractivity contribution is 5.88. The summed E-state index contributed by atoms with van der Waals surface area (Å²) in [5.74, 6) is 0.00910. The highest BCUT2D eigenvalue weighted by atomic mass is 16.1. The van der Waals surface area contributed by atoms with Gasteiger partial charge in [-0.05, 0) is 25.0 Å². The Balaban J connectivity index is 3.15. The summed E-state index contributed by atoms with van der Waals surface area (Å²) in [6.07, 6.45) is 8.43. The number of rotatable bonds is 10. The number of nitrogens with one attached hydrogen (secondary N) is 1. The van der Waals surface area contributed by atoms with Crippen molar-refractivity contribution in [1.82, 2.24) is 5.32 Å². The smallest absolute Gasteiger partial charge is 0.243 e. The van der Waals surface area contributed by atoms with Crippen LogP contribution in [0.1, 0.15) is 38.5 Å². The Hall–Kier alpha value is -1.38. The van der Waals surface area contributed by atoms with Crippen molar-refractivity contribution < 1.29 is 9.59 Å². The van der Waals surface area contributed by atoms with E-state index in [1.54, 1.807) is 0 Å². The molecule has 0 heterocycles. The van der Waals surface area contributed by atoms with Crippen molar-refractivity contribution in [3.63, 3.8) is 0 Å². The van der Waals surface area contributed by atoms with Gasteiger partial charge >= 0.3 is 0 Å². The second-order valence-electron chi connectivity index (χ2n) is 3.68. The molecule has 0 unspecified atom stereocenters. The first-order valence-corrected chi connectivity index (χ1v) is 5.76. The molecule has 1 N–H and O–H groups in total. The molecular formula is C13H21NO2. The Bertz CT molecular complexity index is 220. The van der Waals surface area contributed by atoms with Crippen molar-refractivity contribution in [2.24, 2.45) is 0 Å². The first-order valence-electron chi connectivity index (χ1n) is 5.76. The third-order valence-electron chi connectivity index (χ3n) is 2.31. The van der Waals surface area contributed by atoms with E-state index in [1.165, 1.54) is 12.2 Å². The molecule has 0 aliphatic carbocycles. The third kappa shape index (κ3) is 9.19. The number of carbonyl (C=O) groups is 2. The number of allylic oxidation sites excluding steroid dienone is 1. The summed E-state index contributed by atoms with van der Waals surface area (Å²) in [5.41, 5.74) is 0. The van der Waals surface area contributed by atoms with Gasteiger partial charge in [-0.1, -0.05) is 32.4 Å². The number of hydrogen-bond donors (Lipinski definition) is 1. The maximum absolute atomic E-state index is 10.9. The van der Waals surface area contributed by atoms with Gasteiger partial charge < -0.3 is 5.32 Å². The van der Waals surface area contributed by atoms with Crippen molar-refractivity contribution in [1.29, 1.82) is 0 Å². The lowest BCUT2D eigenvalue weighted by Crippen LogP contribution is -2.21. The van der Waals surface area contributed by atoms with Gasteiger partial charge in [0.05, 0.1) is 0 Å². The molecule has 0 aliphatic rings. The zero-order valence-corrected chi connectivity index (χ0v) is 9.84. The van der Waals surface area contributed by atoms with Crippen LogP contribution < -0.4 is 5.32 Å². The minimum Gasteiger partial charge on any atom is -0.353 e. The van der Waals surface area contributed by atoms with Gasteiger partial charge in [0.15, 0.2) is 5.78 Å². The molecule has 0 aromatic heterocycles. The fourth-order valence-corrected chi connectivity index (χ4v) is 1.34. The van der Waals surface area contributed by atoms with Crippen LogP contribution in [0.15, 0.2) is 25.3 Å². The summed E-state index contributed by atoms with van der Waals surface area (Å²) in [6, 6.07) is 0. The first kappa shape index (κ1) is 14.6. The van der Waals surface area contributed by atoms with Crippen LogP contribution >= 0.6 is 0 Å². The summed E-state index contributed by atoms with van der Waals surface area (Å²) in [7, 11) is 0.